The van der Waals surface area contributed by atoms with Gasteiger partial charge in [-0.3, -0.25) is 0 Å². The van der Waals surface area contributed by atoms with Crippen LogP contribution in [-0.4, -0.2) is 13.1 Å². The van der Waals surface area contributed by atoms with Crippen molar-refractivity contribution in [3.8, 4) is 6.07 Å². The van der Waals surface area contributed by atoms with Gasteiger partial charge in [0.05, 0.1) is 12.6 Å². The molecule has 50 valence electrons. The highest BCUT2D eigenvalue weighted by Gasteiger charge is 1.78. The minimum Gasteiger partial charge on any atom is -0.301 e. The standard InChI is InChI=1S/C7H12N2/c1-7(2)3-5-9-6-4-8/h3,9H,5-6H2,1-2H3. The summed E-state index contributed by atoms with van der Waals surface area (Å²) in [6.45, 7) is 5.31. The van der Waals surface area contributed by atoms with Gasteiger partial charge < -0.3 is 5.32 Å². The lowest BCUT2D eigenvalue weighted by molar-refractivity contribution is 0.845. The highest BCUT2D eigenvalue weighted by molar-refractivity contribution is 4.94. The molecule has 0 aromatic carbocycles. The van der Waals surface area contributed by atoms with E-state index in [1.807, 2.05) is 19.9 Å². The molecule has 0 rings (SSSR count). The molecule has 2 nitrogen and oxygen atoms in total. The maximum Gasteiger partial charge on any atom is 0.0843 e. The predicted molar refractivity (Wildman–Crippen MR) is 37.9 cm³/mol. The Morgan fingerprint density at radius 1 is 1.67 bits per heavy atom. The first-order valence-corrected chi connectivity index (χ1v) is 2.98. The van der Waals surface area contributed by atoms with Gasteiger partial charge in [-0.25, -0.2) is 0 Å². The topological polar surface area (TPSA) is 35.8 Å². The van der Waals surface area contributed by atoms with E-state index >= 15 is 0 Å². The summed E-state index contributed by atoms with van der Waals surface area (Å²) in [5, 5.41) is 11.0. The molecule has 0 unspecified atom stereocenters. The second-order valence-corrected chi connectivity index (χ2v) is 2.07. The first-order chi connectivity index (χ1) is 4.27. The molecular weight excluding hydrogens is 112 g/mol. The number of nitrogens with one attached hydrogen (secondary N) is 1. The number of rotatable bonds is 3. The van der Waals surface area contributed by atoms with Gasteiger partial charge in [0, 0.05) is 6.54 Å². The highest BCUT2D eigenvalue weighted by Crippen LogP contribution is 1.84. The Morgan fingerprint density at radius 3 is 2.78 bits per heavy atom. The summed E-state index contributed by atoms with van der Waals surface area (Å²) in [6, 6.07) is 2.00. The lowest BCUT2D eigenvalue weighted by Crippen LogP contribution is -2.13. The number of hydrogen-bond donors (Lipinski definition) is 1. The Hall–Kier alpha value is -0.810. The fourth-order valence-electron chi connectivity index (χ4n) is 0.404. The summed E-state index contributed by atoms with van der Waals surface area (Å²) in [6.07, 6.45) is 2.05. The van der Waals surface area contributed by atoms with Crippen molar-refractivity contribution >= 4 is 0 Å². The molecule has 0 fully saturated rings. The lowest BCUT2D eigenvalue weighted by atomic mass is 10.3. The molecule has 2 heteroatoms. The first-order valence-electron chi connectivity index (χ1n) is 2.98. The van der Waals surface area contributed by atoms with Crippen LogP contribution in [0.25, 0.3) is 0 Å². The molecule has 1 N–H and O–H groups in total. The summed E-state index contributed by atoms with van der Waals surface area (Å²) in [7, 11) is 0. The monoisotopic (exact) mass is 124 g/mol. The summed E-state index contributed by atoms with van der Waals surface area (Å²) in [5.74, 6) is 0. The van der Waals surface area contributed by atoms with E-state index in [9.17, 15) is 0 Å². The van der Waals surface area contributed by atoms with Crippen LogP contribution in [0, 0.1) is 11.3 Å². The van der Waals surface area contributed by atoms with E-state index in [0.29, 0.717) is 6.54 Å². The molecule has 0 heterocycles. The summed E-state index contributed by atoms with van der Waals surface area (Å²) in [4.78, 5) is 0. The van der Waals surface area contributed by atoms with Crippen LogP contribution in [0.5, 0.6) is 0 Å². The molecule has 0 atom stereocenters. The van der Waals surface area contributed by atoms with Crippen molar-refractivity contribution in [3.63, 3.8) is 0 Å². The predicted octanol–water partition coefficient (Wildman–Crippen LogP) is 1.07. The minimum atomic E-state index is 0.434. The van der Waals surface area contributed by atoms with Crippen LogP contribution in [0.2, 0.25) is 0 Å². The third-order valence-corrected chi connectivity index (χ3v) is 0.859. The fourth-order valence-corrected chi connectivity index (χ4v) is 0.404. The van der Waals surface area contributed by atoms with E-state index in [4.69, 9.17) is 5.26 Å². The van der Waals surface area contributed by atoms with Crippen molar-refractivity contribution < 1.29 is 0 Å². The van der Waals surface area contributed by atoms with Gasteiger partial charge in [-0.15, -0.1) is 0 Å². The van der Waals surface area contributed by atoms with Crippen LogP contribution >= 0.6 is 0 Å². The SMILES string of the molecule is CC(C)=CCNCC#N. The Balaban J connectivity index is 3.12. The van der Waals surface area contributed by atoms with Crippen LogP contribution in [0.4, 0.5) is 0 Å². The molecule has 9 heavy (non-hydrogen) atoms. The van der Waals surface area contributed by atoms with Gasteiger partial charge >= 0.3 is 0 Å². The Bertz CT molecular complexity index is 126. The zero-order chi connectivity index (χ0) is 7.11. The quantitative estimate of drug-likeness (QED) is 0.347. The zero-order valence-electron chi connectivity index (χ0n) is 5.94. The fraction of sp³-hybridized carbons (Fsp3) is 0.571. The molecular formula is C7H12N2. The Morgan fingerprint density at radius 2 is 2.33 bits per heavy atom. The van der Waals surface area contributed by atoms with Gasteiger partial charge in [0.2, 0.25) is 0 Å². The Kier molecular flexibility index (Phi) is 4.85. The summed E-state index contributed by atoms with van der Waals surface area (Å²) < 4.78 is 0. The number of hydrogen-bond acceptors (Lipinski definition) is 2. The zero-order valence-corrected chi connectivity index (χ0v) is 5.94. The maximum atomic E-state index is 8.10. The van der Waals surface area contributed by atoms with Gasteiger partial charge in [0.1, 0.15) is 0 Å². The average molecular weight is 124 g/mol. The first kappa shape index (κ1) is 8.19. The van der Waals surface area contributed by atoms with Crippen molar-refractivity contribution in [3.05, 3.63) is 11.6 Å². The van der Waals surface area contributed by atoms with Crippen molar-refractivity contribution in [1.29, 1.82) is 5.26 Å². The molecule has 0 amide bonds. The van der Waals surface area contributed by atoms with Crippen LogP contribution in [-0.2, 0) is 0 Å². The van der Waals surface area contributed by atoms with Gasteiger partial charge in [-0.2, -0.15) is 5.26 Å². The molecule has 0 aromatic rings. The van der Waals surface area contributed by atoms with Crippen LogP contribution in [0.1, 0.15) is 13.8 Å². The van der Waals surface area contributed by atoms with Crippen LogP contribution in [0.3, 0.4) is 0 Å². The molecule has 0 radical (unpaired) electrons. The van der Waals surface area contributed by atoms with Gasteiger partial charge in [0.25, 0.3) is 0 Å². The number of nitriles is 1. The summed E-state index contributed by atoms with van der Waals surface area (Å²) >= 11 is 0. The second kappa shape index (κ2) is 5.33. The van der Waals surface area contributed by atoms with Crippen molar-refractivity contribution in [2.45, 2.75) is 13.8 Å². The average Bonchev–Trinajstić information content (AvgIpc) is 1.80. The number of nitrogens with zero attached hydrogens (tertiary/aromatic N) is 1. The third-order valence-electron chi connectivity index (χ3n) is 0.859. The van der Waals surface area contributed by atoms with Crippen LogP contribution in [0.15, 0.2) is 11.6 Å². The van der Waals surface area contributed by atoms with E-state index in [1.54, 1.807) is 0 Å². The normalized spacial score (nSPS) is 8.11. The van der Waals surface area contributed by atoms with E-state index in [1.165, 1.54) is 5.57 Å². The molecule has 0 saturated heterocycles. The Labute approximate surface area is 56.2 Å². The molecule has 0 aromatic heterocycles. The molecule has 0 aliphatic heterocycles. The minimum absolute atomic E-state index is 0.434. The smallest absolute Gasteiger partial charge is 0.0843 e. The van der Waals surface area contributed by atoms with E-state index < -0.39 is 0 Å². The van der Waals surface area contributed by atoms with E-state index in [0.717, 1.165) is 6.54 Å². The molecule has 0 aliphatic rings. The largest absolute Gasteiger partial charge is 0.301 e. The third kappa shape index (κ3) is 7.19. The van der Waals surface area contributed by atoms with E-state index in [-0.39, 0.29) is 0 Å². The van der Waals surface area contributed by atoms with Crippen molar-refractivity contribution in [1.82, 2.24) is 5.32 Å². The van der Waals surface area contributed by atoms with Crippen molar-refractivity contribution in [2.75, 3.05) is 13.1 Å². The number of allylic oxidation sites excluding steroid dienone is 1. The highest BCUT2D eigenvalue weighted by atomic mass is 14.8. The molecule has 0 spiro atoms. The summed E-state index contributed by atoms with van der Waals surface area (Å²) in [5.41, 5.74) is 1.28. The second-order valence-electron chi connectivity index (χ2n) is 2.07. The lowest BCUT2D eigenvalue weighted by Gasteiger charge is -1.91. The molecule has 0 aliphatic carbocycles. The molecule has 0 bridgehead atoms. The van der Waals surface area contributed by atoms with Crippen molar-refractivity contribution in [2.24, 2.45) is 0 Å². The van der Waals surface area contributed by atoms with Crippen LogP contribution < -0.4 is 5.32 Å². The molecule has 0 saturated carbocycles. The van der Waals surface area contributed by atoms with Gasteiger partial charge in [-0.1, -0.05) is 11.6 Å². The van der Waals surface area contributed by atoms with Gasteiger partial charge in [-0.05, 0) is 13.8 Å². The maximum absolute atomic E-state index is 8.10. The van der Waals surface area contributed by atoms with Gasteiger partial charge in [0.15, 0.2) is 0 Å². The van der Waals surface area contributed by atoms with E-state index in [2.05, 4.69) is 11.4 Å².